The van der Waals surface area contributed by atoms with Crippen molar-refractivity contribution in [3.63, 3.8) is 0 Å². The Bertz CT molecular complexity index is 1180. The fraction of sp³-hybridized carbons (Fsp3) is 0.0870. The van der Waals surface area contributed by atoms with Crippen molar-refractivity contribution >= 4 is 30.0 Å². The van der Waals surface area contributed by atoms with Crippen LogP contribution in [-0.4, -0.2) is 27.8 Å². The topological polar surface area (TPSA) is 97.5 Å². The van der Waals surface area contributed by atoms with E-state index in [2.05, 4.69) is 15.5 Å². The first-order valence-corrected chi connectivity index (χ1v) is 9.84. The van der Waals surface area contributed by atoms with Crippen molar-refractivity contribution in [2.45, 2.75) is 6.54 Å². The summed E-state index contributed by atoms with van der Waals surface area (Å²) in [5, 5.41) is 16.0. The summed E-state index contributed by atoms with van der Waals surface area (Å²) in [6, 6.07) is 22.2. The van der Waals surface area contributed by atoms with Crippen LogP contribution in [0, 0.1) is 0 Å². The van der Waals surface area contributed by atoms with E-state index in [0.29, 0.717) is 34.6 Å². The van der Waals surface area contributed by atoms with E-state index in [1.165, 1.54) is 0 Å². The highest BCUT2D eigenvalue weighted by Gasteiger charge is 2.14. The van der Waals surface area contributed by atoms with E-state index in [-0.39, 0.29) is 19.0 Å². The number of carboxylic acids is 1. The number of para-hydroxylation sites is 1. The lowest BCUT2D eigenvalue weighted by atomic mass is 10.1. The molecular weight excluding hydrogens is 453 g/mol. The minimum atomic E-state index is -0.915. The van der Waals surface area contributed by atoms with Gasteiger partial charge in [-0.1, -0.05) is 41.0 Å². The predicted molar refractivity (Wildman–Crippen MR) is 123 cm³/mol. The highest BCUT2D eigenvalue weighted by Crippen LogP contribution is 2.30. The molecule has 0 saturated carbocycles. The van der Waals surface area contributed by atoms with E-state index in [9.17, 15) is 4.79 Å². The van der Waals surface area contributed by atoms with Gasteiger partial charge in [0.25, 0.3) is 5.89 Å². The normalized spacial score (nSPS) is 10.4. The van der Waals surface area contributed by atoms with Crippen molar-refractivity contribution in [3.8, 4) is 34.3 Å². The van der Waals surface area contributed by atoms with Gasteiger partial charge in [0.2, 0.25) is 5.82 Å². The second kappa shape index (κ2) is 10.8. The average molecular weight is 472 g/mol. The average Bonchev–Trinajstić information content (AvgIpc) is 3.25. The number of nitrogens with one attached hydrogen (secondary N) is 1. The van der Waals surface area contributed by atoms with Gasteiger partial charge < -0.3 is 19.7 Å². The quantitative estimate of drug-likeness (QED) is 0.352. The van der Waals surface area contributed by atoms with Crippen LogP contribution in [0.5, 0.6) is 11.5 Å². The summed E-state index contributed by atoms with van der Waals surface area (Å²) in [5.74, 6) is 1.28. The van der Waals surface area contributed by atoms with E-state index in [1.807, 2.05) is 60.7 Å². The highest BCUT2D eigenvalue weighted by molar-refractivity contribution is 6.33. The van der Waals surface area contributed by atoms with Crippen molar-refractivity contribution < 1.29 is 19.2 Å². The fourth-order valence-corrected chi connectivity index (χ4v) is 3.19. The Morgan fingerprint density at radius 3 is 2.44 bits per heavy atom. The van der Waals surface area contributed by atoms with Gasteiger partial charge in [0.05, 0.1) is 11.6 Å². The molecule has 0 amide bonds. The Morgan fingerprint density at radius 1 is 1.03 bits per heavy atom. The van der Waals surface area contributed by atoms with Crippen molar-refractivity contribution in [2.24, 2.45) is 0 Å². The highest BCUT2D eigenvalue weighted by atomic mass is 35.5. The van der Waals surface area contributed by atoms with Gasteiger partial charge >= 0.3 is 5.97 Å². The van der Waals surface area contributed by atoms with Gasteiger partial charge in [0, 0.05) is 17.7 Å². The van der Waals surface area contributed by atoms with Crippen molar-refractivity contribution in [3.05, 3.63) is 83.4 Å². The Balaban J connectivity index is 0.00000289. The molecule has 0 bridgehead atoms. The second-order valence-corrected chi connectivity index (χ2v) is 7.08. The number of hydrogen-bond acceptors (Lipinski definition) is 6. The monoisotopic (exact) mass is 471 g/mol. The minimum Gasteiger partial charge on any atom is -0.480 e. The minimum absolute atomic E-state index is 0. The zero-order valence-electron chi connectivity index (χ0n) is 16.7. The zero-order valence-corrected chi connectivity index (χ0v) is 18.3. The molecule has 1 aromatic heterocycles. The van der Waals surface area contributed by atoms with Gasteiger partial charge in [-0.2, -0.15) is 4.98 Å². The lowest BCUT2D eigenvalue weighted by Crippen LogP contribution is -2.21. The SMILES string of the molecule is Cl.O=C(O)CNCc1ccc(-c2noc(-c3ccc(Oc4ccccc4)cc3)n2)c(Cl)c1. The van der Waals surface area contributed by atoms with Gasteiger partial charge in [-0.3, -0.25) is 4.79 Å². The maximum absolute atomic E-state index is 10.6. The number of ether oxygens (including phenoxy) is 1. The van der Waals surface area contributed by atoms with Crippen molar-refractivity contribution in [1.29, 1.82) is 0 Å². The summed E-state index contributed by atoms with van der Waals surface area (Å²) >= 11 is 6.38. The summed E-state index contributed by atoms with van der Waals surface area (Å²) in [6.45, 7) is 0.268. The van der Waals surface area contributed by atoms with E-state index in [1.54, 1.807) is 12.1 Å². The molecular formula is C23H19Cl2N3O4. The molecule has 3 aromatic carbocycles. The van der Waals surface area contributed by atoms with Crippen LogP contribution in [0.1, 0.15) is 5.56 Å². The molecule has 2 N–H and O–H groups in total. The number of nitrogens with zero attached hydrogens (tertiary/aromatic N) is 2. The first-order chi connectivity index (χ1) is 15.1. The standard InChI is InChI=1S/C23H18ClN3O4.ClH/c24-20-12-15(13-25-14-21(28)29)6-11-19(20)22-26-23(31-27-22)16-7-9-18(10-8-16)30-17-4-2-1-3-5-17;/h1-12,25H,13-14H2,(H,28,29);1H. The zero-order chi connectivity index (χ0) is 21.6. The van der Waals surface area contributed by atoms with Crippen LogP contribution >= 0.6 is 24.0 Å². The Morgan fingerprint density at radius 2 is 1.75 bits per heavy atom. The van der Waals surface area contributed by atoms with Crippen LogP contribution in [0.15, 0.2) is 77.3 Å². The molecule has 7 nitrogen and oxygen atoms in total. The lowest BCUT2D eigenvalue weighted by Gasteiger charge is -2.05. The molecule has 164 valence electrons. The molecule has 4 rings (SSSR count). The van der Waals surface area contributed by atoms with Crippen LogP contribution < -0.4 is 10.1 Å². The number of benzene rings is 3. The molecule has 9 heteroatoms. The number of aliphatic carboxylic acids is 1. The largest absolute Gasteiger partial charge is 0.480 e. The van der Waals surface area contributed by atoms with E-state index in [0.717, 1.165) is 16.9 Å². The number of hydrogen-bond donors (Lipinski definition) is 2. The number of aromatic nitrogens is 2. The van der Waals surface area contributed by atoms with Gasteiger partial charge in [0.15, 0.2) is 0 Å². The molecule has 0 fully saturated rings. The van der Waals surface area contributed by atoms with Crippen molar-refractivity contribution in [2.75, 3.05) is 6.54 Å². The van der Waals surface area contributed by atoms with Crippen molar-refractivity contribution in [1.82, 2.24) is 15.5 Å². The molecule has 0 aliphatic carbocycles. The molecule has 32 heavy (non-hydrogen) atoms. The van der Waals surface area contributed by atoms with Crippen LogP contribution in [0.2, 0.25) is 5.02 Å². The predicted octanol–water partition coefficient (Wildman–Crippen LogP) is 5.45. The smallest absolute Gasteiger partial charge is 0.317 e. The summed E-state index contributed by atoms with van der Waals surface area (Å²) in [5.41, 5.74) is 2.24. The van der Waals surface area contributed by atoms with Gasteiger partial charge in [0.1, 0.15) is 11.5 Å². The number of carboxylic acid groups (broad SMARTS) is 1. The molecule has 0 saturated heterocycles. The molecule has 0 aliphatic heterocycles. The Labute approximate surface area is 195 Å². The molecule has 4 aromatic rings. The molecule has 0 spiro atoms. The third-order valence-electron chi connectivity index (χ3n) is 4.39. The van der Waals surface area contributed by atoms with Crippen LogP contribution in [-0.2, 0) is 11.3 Å². The molecule has 0 atom stereocenters. The Kier molecular flexibility index (Phi) is 7.83. The molecule has 0 radical (unpaired) electrons. The third-order valence-corrected chi connectivity index (χ3v) is 4.70. The molecule has 0 unspecified atom stereocenters. The van der Waals surface area contributed by atoms with Gasteiger partial charge in [-0.15, -0.1) is 12.4 Å². The summed E-state index contributed by atoms with van der Waals surface area (Å²) < 4.78 is 11.2. The van der Waals surface area contributed by atoms with Gasteiger partial charge in [-0.05, 0) is 54.1 Å². The van der Waals surface area contributed by atoms with Gasteiger partial charge in [-0.25, -0.2) is 0 Å². The Hall–Kier alpha value is -3.39. The number of carbonyl (C=O) groups is 1. The summed E-state index contributed by atoms with van der Waals surface area (Å²) in [7, 11) is 0. The van der Waals surface area contributed by atoms with Crippen LogP contribution in [0.25, 0.3) is 22.8 Å². The summed E-state index contributed by atoms with van der Waals surface area (Å²) in [4.78, 5) is 15.0. The number of rotatable bonds is 8. The lowest BCUT2D eigenvalue weighted by molar-refractivity contribution is -0.135. The van der Waals surface area contributed by atoms with Crippen LogP contribution in [0.4, 0.5) is 0 Å². The van der Waals surface area contributed by atoms with E-state index >= 15 is 0 Å². The first-order valence-electron chi connectivity index (χ1n) is 9.47. The molecule has 0 aliphatic rings. The number of halogens is 2. The van der Waals surface area contributed by atoms with E-state index in [4.69, 9.17) is 26.0 Å². The first kappa shape index (κ1) is 23.3. The maximum Gasteiger partial charge on any atom is 0.317 e. The molecule has 1 heterocycles. The fourth-order valence-electron chi connectivity index (χ4n) is 2.90. The van der Waals surface area contributed by atoms with Crippen LogP contribution in [0.3, 0.4) is 0 Å². The third kappa shape index (κ3) is 5.85. The summed E-state index contributed by atoms with van der Waals surface area (Å²) in [6.07, 6.45) is 0. The maximum atomic E-state index is 10.6. The second-order valence-electron chi connectivity index (χ2n) is 6.67. The van der Waals surface area contributed by atoms with E-state index < -0.39 is 5.97 Å².